The van der Waals surface area contributed by atoms with Gasteiger partial charge in [-0.15, -0.1) is 0 Å². The normalized spacial score (nSPS) is 13.9. The van der Waals surface area contributed by atoms with Crippen molar-refractivity contribution >= 4 is 11.4 Å². The van der Waals surface area contributed by atoms with Gasteiger partial charge >= 0.3 is 0 Å². The lowest BCUT2D eigenvalue weighted by Gasteiger charge is -2.15. The summed E-state index contributed by atoms with van der Waals surface area (Å²) in [6.45, 7) is 4.04. The largest absolute Gasteiger partial charge is 0.393 e. The molecule has 0 heterocycles. The van der Waals surface area contributed by atoms with E-state index in [0.29, 0.717) is 24.2 Å². The minimum atomic E-state index is -0.456. The van der Waals surface area contributed by atoms with Crippen molar-refractivity contribution in [3.05, 3.63) is 33.9 Å². The third kappa shape index (κ3) is 4.84. The second-order valence-corrected chi connectivity index (χ2v) is 4.84. The third-order valence-corrected chi connectivity index (χ3v) is 2.82. The molecule has 0 fully saturated rings. The number of nitrogens with zero attached hydrogens (tertiary/aromatic N) is 1. The summed E-state index contributed by atoms with van der Waals surface area (Å²) < 4.78 is 0. The Morgan fingerprint density at radius 1 is 1.42 bits per heavy atom. The number of hydrogen-bond donors (Lipinski definition) is 3. The fraction of sp³-hybridized carbons (Fsp3) is 0.538. The van der Waals surface area contributed by atoms with Gasteiger partial charge in [-0.3, -0.25) is 10.1 Å². The monoisotopic (exact) mass is 268 g/mol. The van der Waals surface area contributed by atoms with Crippen LogP contribution in [0.5, 0.6) is 0 Å². The van der Waals surface area contributed by atoms with Gasteiger partial charge < -0.3 is 15.5 Å². The molecular formula is C13H20N2O4. The smallest absolute Gasteiger partial charge is 0.292 e. The van der Waals surface area contributed by atoms with Crippen molar-refractivity contribution in [2.24, 2.45) is 5.92 Å². The highest BCUT2D eigenvalue weighted by molar-refractivity contribution is 5.62. The molecular weight excluding hydrogens is 248 g/mol. The molecule has 0 spiro atoms. The molecule has 1 aromatic rings. The SMILES string of the molecule is CC(O)CC(C)CNc1cc(CO)ccc1[N+](=O)[O-]. The summed E-state index contributed by atoms with van der Waals surface area (Å²) in [7, 11) is 0. The summed E-state index contributed by atoms with van der Waals surface area (Å²) >= 11 is 0. The van der Waals surface area contributed by atoms with Crippen LogP contribution < -0.4 is 5.32 Å². The highest BCUT2D eigenvalue weighted by Gasteiger charge is 2.15. The van der Waals surface area contributed by atoms with E-state index in [1.807, 2.05) is 6.92 Å². The van der Waals surface area contributed by atoms with E-state index in [9.17, 15) is 15.2 Å². The van der Waals surface area contributed by atoms with Crippen molar-refractivity contribution < 1.29 is 15.1 Å². The molecule has 106 valence electrons. The first-order chi connectivity index (χ1) is 8.93. The molecule has 2 unspecified atom stereocenters. The molecule has 0 bridgehead atoms. The van der Waals surface area contributed by atoms with Crippen LogP contribution >= 0.6 is 0 Å². The van der Waals surface area contributed by atoms with Crippen molar-refractivity contribution in [1.29, 1.82) is 0 Å². The number of aliphatic hydroxyl groups is 2. The molecule has 2 atom stereocenters. The molecule has 0 saturated heterocycles. The first-order valence-corrected chi connectivity index (χ1v) is 6.24. The molecule has 0 aliphatic rings. The summed E-state index contributed by atoms with van der Waals surface area (Å²) in [6.07, 6.45) is 0.232. The van der Waals surface area contributed by atoms with Crippen molar-refractivity contribution in [1.82, 2.24) is 0 Å². The maximum Gasteiger partial charge on any atom is 0.292 e. The van der Waals surface area contributed by atoms with Crippen LogP contribution in [0, 0.1) is 16.0 Å². The number of nitro benzene ring substituents is 1. The van der Waals surface area contributed by atoms with Crippen LogP contribution in [0.25, 0.3) is 0 Å². The van der Waals surface area contributed by atoms with Crippen LogP contribution in [-0.4, -0.2) is 27.8 Å². The van der Waals surface area contributed by atoms with E-state index in [4.69, 9.17) is 5.11 Å². The van der Waals surface area contributed by atoms with E-state index in [1.54, 1.807) is 13.0 Å². The Morgan fingerprint density at radius 2 is 2.11 bits per heavy atom. The summed E-state index contributed by atoms with van der Waals surface area (Å²) in [5, 5.41) is 32.3. The molecule has 1 rings (SSSR count). The fourth-order valence-corrected chi connectivity index (χ4v) is 1.93. The molecule has 0 aliphatic carbocycles. The Hall–Kier alpha value is -1.66. The van der Waals surface area contributed by atoms with E-state index in [0.717, 1.165) is 0 Å². The minimum Gasteiger partial charge on any atom is -0.393 e. The number of hydrogen-bond acceptors (Lipinski definition) is 5. The average Bonchev–Trinajstić information content (AvgIpc) is 2.34. The summed E-state index contributed by atoms with van der Waals surface area (Å²) in [6, 6.07) is 4.49. The van der Waals surface area contributed by atoms with E-state index in [-0.39, 0.29) is 18.2 Å². The maximum absolute atomic E-state index is 10.9. The van der Waals surface area contributed by atoms with E-state index >= 15 is 0 Å². The van der Waals surface area contributed by atoms with Gasteiger partial charge in [-0.05, 0) is 37.0 Å². The number of rotatable bonds is 7. The molecule has 0 radical (unpaired) electrons. The van der Waals surface area contributed by atoms with Gasteiger partial charge in [0, 0.05) is 12.6 Å². The number of nitrogens with one attached hydrogen (secondary N) is 1. The van der Waals surface area contributed by atoms with Crippen molar-refractivity contribution in [2.45, 2.75) is 33.0 Å². The van der Waals surface area contributed by atoms with Gasteiger partial charge in [0.25, 0.3) is 5.69 Å². The minimum absolute atomic E-state index is 0.0125. The molecule has 19 heavy (non-hydrogen) atoms. The highest BCUT2D eigenvalue weighted by atomic mass is 16.6. The third-order valence-electron chi connectivity index (χ3n) is 2.82. The second-order valence-electron chi connectivity index (χ2n) is 4.84. The first-order valence-electron chi connectivity index (χ1n) is 6.24. The van der Waals surface area contributed by atoms with Gasteiger partial charge in [0.15, 0.2) is 0 Å². The lowest BCUT2D eigenvalue weighted by Crippen LogP contribution is -2.16. The lowest BCUT2D eigenvalue weighted by molar-refractivity contribution is -0.384. The molecule has 3 N–H and O–H groups in total. The van der Waals surface area contributed by atoms with Crippen LogP contribution in [0.15, 0.2) is 18.2 Å². The highest BCUT2D eigenvalue weighted by Crippen LogP contribution is 2.26. The van der Waals surface area contributed by atoms with Crippen molar-refractivity contribution in [3.63, 3.8) is 0 Å². The lowest BCUT2D eigenvalue weighted by atomic mass is 10.0. The average molecular weight is 268 g/mol. The molecule has 0 aromatic heterocycles. The Balaban J connectivity index is 2.77. The topological polar surface area (TPSA) is 95.6 Å². The van der Waals surface area contributed by atoms with E-state index in [1.165, 1.54) is 12.1 Å². The zero-order valence-electron chi connectivity index (χ0n) is 11.2. The predicted molar refractivity (Wildman–Crippen MR) is 73.0 cm³/mol. The van der Waals surface area contributed by atoms with Crippen LogP contribution in [0.2, 0.25) is 0 Å². The quantitative estimate of drug-likeness (QED) is 0.518. The Bertz CT molecular complexity index is 435. The summed E-state index contributed by atoms with van der Waals surface area (Å²) in [5.41, 5.74) is 1.01. The van der Waals surface area contributed by atoms with Crippen LogP contribution in [0.4, 0.5) is 11.4 Å². The van der Waals surface area contributed by atoms with Gasteiger partial charge in [-0.2, -0.15) is 0 Å². The van der Waals surface area contributed by atoms with Gasteiger partial charge in [-0.25, -0.2) is 0 Å². The van der Waals surface area contributed by atoms with Gasteiger partial charge in [0.1, 0.15) is 5.69 Å². The summed E-state index contributed by atoms with van der Waals surface area (Å²) in [5.74, 6) is 0.192. The Morgan fingerprint density at radius 3 is 2.63 bits per heavy atom. The fourth-order valence-electron chi connectivity index (χ4n) is 1.93. The van der Waals surface area contributed by atoms with Crippen molar-refractivity contribution in [2.75, 3.05) is 11.9 Å². The Kier molecular flexibility index (Phi) is 5.72. The summed E-state index contributed by atoms with van der Waals surface area (Å²) in [4.78, 5) is 10.5. The van der Waals surface area contributed by atoms with Crippen LogP contribution in [-0.2, 0) is 6.61 Å². The Labute approximate surface area is 112 Å². The van der Waals surface area contributed by atoms with E-state index < -0.39 is 11.0 Å². The molecule has 0 saturated carbocycles. The number of anilines is 1. The van der Waals surface area contributed by atoms with Gasteiger partial charge in [-0.1, -0.05) is 6.92 Å². The molecule has 1 aromatic carbocycles. The zero-order chi connectivity index (χ0) is 14.4. The predicted octanol–water partition coefficient (Wildman–Crippen LogP) is 1.91. The molecule has 6 nitrogen and oxygen atoms in total. The number of nitro groups is 1. The maximum atomic E-state index is 10.9. The molecule has 0 amide bonds. The van der Waals surface area contributed by atoms with Crippen LogP contribution in [0.3, 0.4) is 0 Å². The number of aliphatic hydroxyl groups excluding tert-OH is 2. The van der Waals surface area contributed by atoms with Crippen LogP contribution in [0.1, 0.15) is 25.8 Å². The van der Waals surface area contributed by atoms with E-state index in [2.05, 4.69) is 5.32 Å². The number of benzene rings is 1. The molecule has 0 aliphatic heterocycles. The molecule has 6 heteroatoms. The standard InChI is InChI=1S/C13H20N2O4/c1-9(5-10(2)17)7-14-12-6-11(8-16)3-4-13(12)15(18)19/h3-4,6,9-10,14,16-17H,5,7-8H2,1-2H3. The zero-order valence-corrected chi connectivity index (χ0v) is 11.2. The van der Waals surface area contributed by atoms with Gasteiger partial charge in [0.2, 0.25) is 0 Å². The second kappa shape index (κ2) is 7.06. The van der Waals surface area contributed by atoms with Crippen molar-refractivity contribution in [3.8, 4) is 0 Å². The van der Waals surface area contributed by atoms with Gasteiger partial charge in [0.05, 0.1) is 17.6 Å². The first kappa shape index (κ1) is 15.4.